The van der Waals surface area contributed by atoms with Crippen molar-refractivity contribution in [3.05, 3.63) is 48.2 Å². The topological polar surface area (TPSA) is 138 Å². The van der Waals surface area contributed by atoms with Gasteiger partial charge < -0.3 is 14.7 Å². The molecule has 0 fully saturated rings. The maximum absolute atomic E-state index is 10.7. The summed E-state index contributed by atoms with van der Waals surface area (Å²) in [6.45, 7) is 0.284. The summed E-state index contributed by atoms with van der Waals surface area (Å²) in [5, 5.41) is 36.5. The first kappa shape index (κ1) is 17.2. The van der Waals surface area contributed by atoms with Gasteiger partial charge in [-0.2, -0.15) is 15.3 Å². The van der Waals surface area contributed by atoms with Crippen molar-refractivity contribution in [2.45, 2.75) is 13.0 Å². The first-order valence-electron chi connectivity index (χ1n) is 8.30. The lowest BCUT2D eigenvalue weighted by atomic mass is 10.1. The monoisotopic (exact) mass is 375 g/mol. The molecule has 0 saturated carbocycles. The third-order valence-corrected chi connectivity index (χ3v) is 4.23. The molecule has 0 unspecified atom stereocenters. The zero-order chi connectivity index (χ0) is 19.7. The number of aliphatic carboxylic acids is 1. The molecular weight excluding hydrogens is 362 g/mol. The fourth-order valence-corrected chi connectivity index (χ4v) is 2.82. The van der Waals surface area contributed by atoms with Crippen LogP contribution in [-0.2, 0) is 11.3 Å². The van der Waals surface area contributed by atoms with Gasteiger partial charge in [0.05, 0.1) is 30.2 Å². The Morgan fingerprint density at radius 3 is 2.82 bits per heavy atom. The Hall–Kier alpha value is -4.19. The Balaban J connectivity index is 1.64. The zero-order valence-electron chi connectivity index (χ0n) is 14.4. The fraction of sp³-hybridized carbons (Fsp3) is 0.105. The van der Waals surface area contributed by atoms with Crippen LogP contribution in [-0.4, -0.2) is 36.1 Å². The number of hydrogen-bond acceptors (Lipinski definition) is 7. The summed E-state index contributed by atoms with van der Waals surface area (Å²) in [5.41, 5.74) is 2.16. The van der Waals surface area contributed by atoms with Gasteiger partial charge in [-0.1, -0.05) is 5.16 Å². The minimum Gasteiger partial charge on any atom is -0.507 e. The largest absolute Gasteiger partial charge is 0.507 e. The molecule has 9 heteroatoms. The molecule has 0 aliphatic rings. The average molecular weight is 375 g/mol. The van der Waals surface area contributed by atoms with Crippen molar-refractivity contribution in [1.29, 1.82) is 5.26 Å². The Kier molecular flexibility index (Phi) is 4.21. The van der Waals surface area contributed by atoms with E-state index in [0.717, 1.165) is 10.9 Å². The van der Waals surface area contributed by atoms with E-state index in [1.807, 2.05) is 18.2 Å². The number of rotatable bonds is 5. The second-order valence-corrected chi connectivity index (χ2v) is 6.05. The number of phenolic OH excluding ortho intramolecular Hbond substituents is 1. The summed E-state index contributed by atoms with van der Waals surface area (Å²) in [6, 6.07) is 11.8. The van der Waals surface area contributed by atoms with E-state index in [4.69, 9.17) is 14.9 Å². The molecule has 0 atom stereocenters. The van der Waals surface area contributed by atoms with E-state index in [9.17, 15) is 9.90 Å². The number of nitriles is 1. The summed E-state index contributed by atoms with van der Waals surface area (Å²) in [4.78, 5) is 15.1. The molecule has 9 nitrogen and oxygen atoms in total. The van der Waals surface area contributed by atoms with E-state index < -0.39 is 5.97 Å². The number of carboxylic acid groups (broad SMARTS) is 1. The van der Waals surface area contributed by atoms with Crippen LogP contribution in [0.4, 0.5) is 0 Å². The van der Waals surface area contributed by atoms with Crippen molar-refractivity contribution in [3.8, 4) is 34.7 Å². The number of carboxylic acids is 1. The summed E-state index contributed by atoms with van der Waals surface area (Å²) < 4.78 is 6.92. The van der Waals surface area contributed by atoms with E-state index >= 15 is 0 Å². The second kappa shape index (κ2) is 6.85. The molecule has 4 rings (SSSR count). The summed E-state index contributed by atoms with van der Waals surface area (Å²) in [6.07, 6.45) is 1.64. The minimum atomic E-state index is -0.881. The van der Waals surface area contributed by atoms with Crippen LogP contribution in [0.15, 0.2) is 47.1 Å². The number of aromatic nitrogens is 4. The van der Waals surface area contributed by atoms with Crippen molar-refractivity contribution < 1.29 is 19.5 Å². The van der Waals surface area contributed by atoms with Crippen LogP contribution >= 0.6 is 0 Å². The van der Waals surface area contributed by atoms with Crippen molar-refractivity contribution >= 4 is 16.9 Å². The highest BCUT2D eigenvalue weighted by Gasteiger charge is 2.14. The van der Waals surface area contributed by atoms with Crippen molar-refractivity contribution in [3.63, 3.8) is 0 Å². The van der Waals surface area contributed by atoms with Crippen molar-refractivity contribution in [2.75, 3.05) is 0 Å². The van der Waals surface area contributed by atoms with Crippen LogP contribution in [0, 0.1) is 11.3 Å². The number of fused-ring (bicyclic) bond motifs is 1. The SMILES string of the molecule is N#Cc1cc(-c2nc(-c3ccc4c(cnn4CCC(=O)O)c3)no2)ccc1O. The molecule has 138 valence electrons. The van der Waals surface area contributed by atoms with Gasteiger partial charge in [0.2, 0.25) is 5.82 Å². The predicted octanol–water partition coefficient (Wildman–Crippen LogP) is 2.81. The molecule has 2 aromatic heterocycles. The van der Waals surface area contributed by atoms with Gasteiger partial charge in [0.15, 0.2) is 0 Å². The number of aromatic hydroxyl groups is 1. The van der Waals surface area contributed by atoms with Gasteiger partial charge in [0.25, 0.3) is 5.89 Å². The molecule has 28 heavy (non-hydrogen) atoms. The number of aryl methyl sites for hydroxylation is 1. The maximum Gasteiger partial charge on any atom is 0.305 e. The predicted molar refractivity (Wildman–Crippen MR) is 97.1 cm³/mol. The van der Waals surface area contributed by atoms with E-state index in [-0.39, 0.29) is 30.2 Å². The molecule has 0 saturated heterocycles. The van der Waals surface area contributed by atoms with Gasteiger partial charge in [0.1, 0.15) is 11.8 Å². The van der Waals surface area contributed by atoms with Crippen LogP contribution in [0.1, 0.15) is 12.0 Å². The first-order valence-corrected chi connectivity index (χ1v) is 8.30. The van der Waals surface area contributed by atoms with Gasteiger partial charge in [-0.25, -0.2) is 0 Å². The first-order chi connectivity index (χ1) is 13.5. The van der Waals surface area contributed by atoms with E-state index in [1.165, 1.54) is 12.1 Å². The third kappa shape index (κ3) is 3.14. The van der Waals surface area contributed by atoms with Crippen molar-refractivity contribution in [1.82, 2.24) is 19.9 Å². The molecule has 2 heterocycles. The molecule has 0 amide bonds. The molecule has 0 aliphatic carbocycles. The molecule has 4 aromatic rings. The number of phenols is 1. The summed E-state index contributed by atoms with van der Waals surface area (Å²) in [7, 11) is 0. The molecular formula is C19H13N5O4. The van der Waals surface area contributed by atoms with Gasteiger partial charge in [-0.05, 0) is 36.4 Å². The van der Waals surface area contributed by atoms with E-state index in [2.05, 4.69) is 15.2 Å². The van der Waals surface area contributed by atoms with Gasteiger partial charge in [-0.3, -0.25) is 9.48 Å². The summed E-state index contributed by atoms with van der Waals surface area (Å²) >= 11 is 0. The lowest BCUT2D eigenvalue weighted by Crippen LogP contribution is -2.05. The molecule has 0 aliphatic heterocycles. The number of carbonyl (C=O) groups is 1. The Morgan fingerprint density at radius 1 is 1.21 bits per heavy atom. The van der Waals surface area contributed by atoms with Crippen LogP contribution in [0.25, 0.3) is 33.7 Å². The second-order valence-electron chi connectivity index (χ2n) is 6.05. The van der Waals surface area contributed by atoms with Crippen LogP contribution in [0.2, 0.25) is 0 Å². The van der Waals surface area contributed by atoms with Crippen molar-refractivity contribution in [2.24, 2.45) is 0 Å². The molecule has 0 bridgehead atoms. The highest BCUT2D eigenvalue weighted by Crippen LogP contribution is 2.27. The summed E-state index contributed by atoms with van der Waals surface area (Å²) in [5.74, 6) is -0.407. The zero-order valence-corrected chi connectivity index (χ0v) is 14.4. The Bertz CT molecular complexity index is 1230. The normalized spacial score (nSPS) is 10.8. The van der Waals surface area contributed by atoms with Gasteiger partial charge in [-0.15, -0.1) is 0 Å². The highest BCUT2D eigenvalue weighted by molar-refractivity contribution is 5.83. The van der Waals surface area contributed by atoms with E-state index in [0.29, 0.717) is 17.0 Å². The van der Waals surface area contributed by atoms with Crippen LogP contribution in [0.5, 0.6) is 5.75 Å². The molecule has 0 radical (unpaired) electrons. The lowest BCUT2D eigenvalue weighted by Gasteiger charge is -2.01. The third-order valence-electron chi connectivity index (χ3n) is 4.23. The molecule has 0 spiro atoms. The number of benzene rings is 2. The van der Waals surface area contributed by atoms with Gasteiger partial charge in [0, 0.05) is 16.5 Å². The quantitative estimate of drug-likeness (QED) is 0.543. The van der Waals surface area contributed by atoms with Crippen LogP contribution < -0.4 is 0 Å². The van der Waals surface area contributed by atoms with Crippen LogP contribution in [0.3, 0.4) is 0 Å². The Morgan fingerprint density at radius 2 is 2.04 bits per heavy atom. The average Bonchev–Trinajstić information content (AvgIpc) is 3.33. The van der Waals surface area contributed by atoms with Gasteiger partial charge >= 0.3 is 5.97 Å². The minimum absolute atomic E-state index is 0.00987. The number of hydrogen-bond donors (Lipinski definition) is 2. The number of nitrogens with zero attached hydrogens (tertiary/aromatic N) is 5. The highest BCUT2D eigenvalue weighted by atomic mass is 16.5. The molecule has 2 N–H and O–H groups in total. The lowest BCUT2D eigenvalue weighted by molar-refractivity contribution is -0.137. The fourth-order valence-electron chi connectivity index (χ4n) is 2.82. The maximum atomic E-state index is 10.7. The smallest absolute Gasteiger partial charge is 0.305 e. The van der Waals surface area contributed by atoms with E-state index in [1.54, 1.807) is 23.0 Å². The Labute approximate surface area is 158 Å². The molecule has 2 aromatic carbocycles. The standard InChI is InChI=1S/C19H13N5O4/c20-9-13-8-12(2-4-16(13)25)19-22-18(23-28-19)11-1-3-15-14(7-11)10-21-24(15)6-5-17(26)27/h1-4,7-8,10,25H,5-6H2,(H,26,27).